The number of aldehydes is 1. The number of hydrogen-bond acceptors (Lipinski definition) is 3. The normalized spacial score (nSPS) is 11.1. The van der Waals surface area contributed by atoms with E-state index in [-0.39, 0.29) is 0 Å². The zero-order chi connectivity index (χ0) is 24.9. The Bertz CT molecular complexity index is 591. The fourth-order valence-electron chi connectivity index (χ4n) is 4.76. The van der Waals surface area contributed by atoms with Crippen LogP contribution in [0, 0.1) is 0 Å². The maximum absolute atomic E-state index is 11.7. The number of carbonyl (C=O) groups excluding carboxylic acids is 1. The summed E-state index contributed by atoms with van der Waals surface area (Å²) in [7, 11) is 0. The summed E-state index contributed by atoms with van der Waals surface area (Å²) in [5.74, 6) is 0. The highest BCUT2D eigenvalue weighted by Gasteiger charge is 2.17. The van der Waals surface area contributed by atoms with Gasteiger partial charge in [-0.25, -0.2) is 0 Å². The van der Waals surface area contributed by atoms with Crippen LogP contribution in [-0.4, -0.2) is 32.5 Å². The molecule has 0 unspecified atom stereocenters. The Morgan fingerprint density at radius 1 is 0.529 bits per heavy atom. The highest BCUT2D eigenvalue weighted by atomic mass is 16.1. The largest absolute Gasteiger partial charge is 0.370 e. The Morgan fingerprint density at radius 3 is 1.26 bits per heavy atom. The van der Waals surface area contributed by atoms with E-state index in [4.69, 9.17) is 0 Å². The Balaban J connectivity index is 3.14. The molecule has 0 heterocycles. The summed E-state index contributed by atoms with van der Waals surface area (Å²) in [6.45, 7) is 13.6. The Morgan fingerprint density at radius 2 is 0.912 bits per heavy atom. The summed E-state index contributed by atoms with van der Waals surface area (Å²) in [5, 5.41) is 0. The fourth-order valence-corrected chi connectivity index (χ4v) is 4.76. The third-order valence-electron chi connectivity index (χ3n) is 6.94. The molecule has 0 atom stereocenters. The Labute approximate surface area is 212 Å². The summed E-state index contributed by atoms with van der Waals surface area (Å²) in [6.07, 6.45) is 21.6. The summed E-state index contributed by atoms with van der Waals surface area (Å²) in [5.41, 5.74) is 3.45. The van der Waals surface area contributed by atoms with E-state index in [0.717, 1.165) is 38.0 Å². The number of carbonyl (C=O) groups is 1. The van der Waals surface area contributed by atoms with Crippen molar-refractivity contribution in [2.75, 3.05) is 36.0 Å². The third kappa shape index (κ3) is 12.8. The van der Waals surface area contributed by atoms with Crippen LogP contribution >= 0.6 is 0 Å². The third-order valence-corrected chi connectivity index (χ3v) is 6.94. The molecule has 1 aromatic rings. The first-order valence-electron chi connectivity index (χ1n) is 14.8. The number of nitrogens with zero attached hydrogens (tertiary/aromatic N) is 2. The minimum atomic E-state index is 0.808. The molecule has 0 fully saturated rings. The molecule has 0 saturated heterocycles. The molecule has 196 valence electrons. The van der Waals surface area contributed by atoms with Crippen molar-refractivity contribution in [2.45, 2.75) is 130 Å². The first-order chi connectivity index (χ1) is 16.7. The van der Waals surface area contributed by atoms with Crippen molar-refractivity contribution in [3.05, 3.63) is 23.8 Å². The number of anilines is 2. The lowest BCUT2D eigenvalue weighted by Gasteiger charge is -2.33. The summed E-state index contributed by atoms with van der Waals surface area (Å²) in [6, 6.07) is 6.44. The minimum absolute atomic E-state index is 0.808. The predicted molar refractivity (Wildman–Crippen MR) is 153 cm³/mol. The standard InChI is InChI=1S/C31H56N2O/c1-5-9-13-17-23-32(24-18-14-10-6-2)30-22-21-29(28-34)27-31(30)33(25-19-15-11-7-3)26-20-16-12-8-4/h21-22,27-28H,5-20,23-26H2,1-4H3. The van der Waals surface area contributed by atoms with Crippen molar-refractivity contribution >= 4 is 17.7 Å². The molecule has 1 rings (SSSR count). The van der Waals surface area contributed by atoms with Crippen LogP contribution in [0.2, 0.25) is 0 Å². The van der Waals surface area contributed by atoms with E-state index in [1.807, 2.05) is 6.07 Å². The molecule has 0 saturated carbocycles. The smallest absolute Gasteiger partial charge is 0.150 e. The summed E-state index contributed by atoms with van der Waals surface area (Å²) in [4.78, 5) is 17.0. The molecule has 0 radical (unpaired) electrons. The molecule has 0 aliphatic rings. The van der Waals surface area contributed by atoms with E-state index in [1.54, 1.807) is 0 Å². The highest BCUT2D eigenvalue weighted by molar-refractivity contribution is 5.82. The van der Waals surface area contributed by atoms with E-state index >= 15 is 0 Å². The van der Waals surface area contributed by atoms with Crippen LogP contribution in [0.5, 0.6) is 0 Å². The number of hydrogen-bond donors (Lipinski definition) is 0. The molecule has 0 aliphatic carbocycles. The van der Waals surface area contributed by atoms with Gasteiger partial charge in [0.1, 0.15) is 6.29 Å². The van der Waals surface area contributed by atoms with Gasteiger partial charge >= 0.3 is 0 Å². The van der Waals surface area contributed by atoms with Crippen LogP contribution in [-0.2, 0) is 0 Å². The molecular weight excluding hydrogens is 416 g/mol. The van der Waals surface area contributed by atoms with Crippen LogP contribution < -0.4 is 9.80 Å². The molecule has 0 aliphatic heterocycles. The maximum atomic E-state index is 11.7. The van der Waals surface area contributed by atoms with Gasteiger partial charge in [0, 0.05) is 31.7 Å². The Hall–Kier alpha value is -1.51. The molecule has 0 aromatic heterocycles. The molecule has 34 heavy (non-hydrogen) atoms. The van der Waals surface area contributed by atoms with E-state index in [1.165, 1.54) is 114 Å². The molecule has 3 nitrogen and oxygen atoms in total. The van der Waals surface area contributed by atoms with Crippen molar-refractivity contribution in [2.24, 2.45) is 0 Å². The van der Waals surface area contributed by atoms with Gasteiger partial charge in [-0.05, 0) is 43.9 Å². The minimum Gasteiger partial charge on any atom is -0.370 e. The van der Waals surface area contributed by atoms with Gasteiger partial charge in [0.25, 0.3) is 0 Å². The first kappa shape index (κ1) is 30.5. The first-order valence-corrected chi connectivity index (χ1v) is 14.8. The molecule has 3 heteroatoms. The second-order valence-corrected chi connectivity index (χ2v) is 10.1. The average molecular weight is 473 g/mol. The van der Waals surface area contributed by atoms with Gasteiger partial charge < -0.3 is 9.80 Å². The van der Waals surface area contributed by atoms with Gasteiger partial charge in [0.15, 0.2) is 0 Å². The van der Waals surface area contributed by atoms with Gasteiger partial charge in [-0.1, -0.05) is 105 Å². The van der Waals surface area contributed by atoms with E-state index in [2.05, 4.69) is 49.6 Å². The van der Waals surface area contributed by atoms with Crippen LogP contribution in [0.25, 0.3) is 0 Å². The van der Waals surface area contributed by atoms with E-state index < -0.39 is 0 Å². The number of rotatable bonds is 23. The molecule has 0 amide bonds. The predicted octanol–water partition coefficient (Wildman–Crippen LogP) is 9.43. The molecule has 0 N–H and O–H groups in total. The second-order valence-electron chi connectivity index (χ2n) is 10.1. The summed E-state index contributed by atoms with van der Waals surface area (Å²) < 4.78 is 0. The topological polar surface area (TPSA) is 23.6 Å². The number of benzene rings is 1. The van der Waals surface area contributed by atoms with Crippen LogP contribution in [0.3, 0.4) is 0 Å². The van der Waals surface area contributed by atoms with Gasteiger partial charge in [0.2, 0.25) is 0 Å². The lowest BCUT2D eigenvalue weighted by Crippen LogP contribution is -2.31. The zero-order valence-electron chi connectivity index (χ0n) is 23.3. The molecule has 0 spiro atoms. The quantitative estimate of drug-likeness (QED) is 0.117. The molecule has 0 bridgehead atoms. The lowest BCUT2D eigenvalue weighted by atomic mass is 10.1. The van der Waals surface area contributed by atoms with Gasteiger partial charge in [-0.2, -0.15) is 0 Å². The van der Waals surface area contributed by atoms with Crippen molar-refractivity contribution in [3.63, 3.8) is 0 Å². The van der Waals surface area contributed by atoms with Gasteiger partial charge in [-0.15, -0.1) is 0 Å². The number of unbranched alkanes of at least 4 members (excludes halogenated alkanes) is 12. The van der Waals surface area contributed by atoms with Crippen molar-refractivity contribution in [1.82, 2.24) is 0 Å². The van der Waals surface area contributed by atoms with Crippen LogP contribution in [0.4, 0.5) is 11.4 Å². The highest BCUT2D eigenvalue weighted by Crippen LogP contribution is 2.32. The average Bonchev–Trinajstić information content (AvgIpc) is 2.86. The van der Waals surface area contributed by atoms with Crippen molar-refractivity contribution in [1.29, 1.82) is 0 Å². The SMILES string of the molecule is CCCCCCN(CCCCCC)c1ccc(C=O)cc1N(CCCCCC)CCCCCC. The zero-order valence-corrected chi connectivity index (χ0v) is 23.3. The monoisotopic (exact) mass is 472 g/mol. The van der Waals surface area contributed by atoms with Crippen LogP contribution in [0.1, 0.15) is 141 Å². The summed E-state index contributed by atoms with van der Waals surface area (Å²) >= 11 is 0. The van der Waals surface area contributed by atoms with E-state index in [0.29, 0.717) is 0 Å². The molecular formula is C31H56N2O. The van der Waals surface area contributed by atoms with Gasteiger partial charge in [-0.3, -0.25) is 4.79 Å². The lowest BCUT2D eigenvalue weighted by molar-refractivity contribution is 0.112. The fraction of sp³-hybridized carbons (Fsp3) is 0.774. The van der Waals surface area contributed by atoms with Crippen molar-refractivity contribution in [3.8, 4) is 0 Å². The van der Waals surface area contributed by atoms with Gasteiger partial charge in [0.05, 0.1) is 11.4 Å². The van der Waals surface area contributed by atoms with E-state index in [9.17, 15) is 4.79 Å². The van der Waals surface area contributed by atoms with Crippen molar-refractivity contribution < 1.29 is 4.79 Å². The maximum Gasteiger partial charge on any atom is 0.150 e. The second kappa shape index (κ2) is 20.8. The van der Waals surface area contributed by atoms with Crippen LogP contribution in [0.15, 0.2) is 18.2 Å². The Kier molecular flexibility index (Phi) is 18.7. The molecule has 1 aromatic carbocycles.